The SMILES string of the molecule is Nc1nc(N)c2cc(COC(=O)c3ccccc3OC(=O)c3ccccc3O)ccc2n1. The first-order valence-electron chi connectivity index (χ1n) is 9.50. The molecule has 0 amide bonds. The van der Waals surface area contributed by atoms with Gasteiger partial charge in [-0.05, 0) is 42.0 Å². The summed E-state index contributed by atoms with van der Waals surface area (Å²) in [5, 5.41) is 10.4. The zero-order valence-electron chi connectivity index (χ0n) is 16.7. The van der Waals surface area contributed by atoms with Crippen LogP contribution in [0.4, 0.5) is 11.8 Å². The van der Waals surface area contributed by atoms with Crippen LogP contribution in [0.1, 0.15) is 26.3 Å². The molecule has 3 aromatic carbocycles. The van der Waals surface area contributed by atoms with Crippen LogP contribution >= 0.6 is 0 Å². The highest BCUT2D eigenvalue weighted by molar-refractivity contribution is 5.97. The van der Waals surface area contributed by atoms with Crippen molar-refractivity contribution >= 4 is 34.6 Å². The third-order valence-corrected chi connectivity index (χ3v) is 4.61. The van der Waals surface area contributed by atoms with E-state index in [4.69, 9.17) is 20.9 Å². The first-order chi connectivity index (χ1) is 15.4. The molecule has 0 aliphatic rings. The fourth-order valence-corrected chi connectivity index (χ4v) is 3.06. The van der Waals surface area contributed by atoms with Crippen molar-refractivity contribution in [1.29, 1.82) is 0 Å². The number of fused-ring (bicyclic) bond motifs is 1. The van der Waals surface area contributed by atoms with Gasteiger partial charge in [0.1, 0.15) is 35.1 Å². The molecular weight excluding hydrogens is 412 g/mol. The van der Waals surface area contributed by atoms with E-state index in [1.165, 1.54) is 24.3 Å². The predicted molar refractivity (Wildman–Crippen MR) is 117 cm³/mol. The zero-order chi connectivity index (χ0) is 22.7. The van der Waals surface area contributed by atoms with Crippen LogP contribution in [0, 0.1) is 0 Å². The summed E-state index contributed by atoms with van der Waals surface area (Å²) < 4.78 is 10.7. The molecule has 4 aromatic rings. The van der Waals surface area contributed by atoms with E-state index >= 15 is 0 Å². The van der Waals surface area contributed by atoms with Gasteiger partial charge in [0.2, 0.25) is 5.95 Å². The Kier molecular flexibility index (Phi) is 5.54. The summed E-state index contributed by atoms with van der Waals surface area (Å²) in [4.78, 5) is 33.1. The Morgan fingerprint density at radius 1 is 0.875 bits per heavy atom. The lowest BCUT2D eigenvalue weighted by Gasteiger charge is -2.11. The molecule has 0 atom stereocenters. The number of carbonyl (C=O) groups excluding carboxylic acids is 2. The van der Waals surface area contributed by atoms with E-state index in [2.05, 4.69) is 9.97 Å². The number of benzene rings is 3. The smallest absolute Gasteiger partial charge is 0.347 e. The minimum Gasteiger partial charge on any atom is -0.507 e. The number of nitrogen functional groups attached to an aromatic ring is 2. The summed E-state index contributed by atoms with van der Waals surface area (Å²) in [5.74, 6) is -1.40. The Balaban J connectivity index is 1.50. The molecule has 0 aliphatic heterocycles. The number of phenolic OH excluding ortho intramolecular Hbond substituents is 1. The number of phenols is 1. The maximum absolute atomic E-state index is 12.7. The van der Waals surface area contributed by atoms with Crippen molar-refractivity contribution in [2.45, 2.75) is 6.61 Å². The minimum atomic E-state index is -0.798. The van der Waals surface area contributed by atoms with Crippen LogP contribution in [0.2, 0.25) is 0 Å². The molecule has 160 valence electrons. The topological polar surface area (TPSA) is 151 Å². The zero-order valence-corrected chi connectivity index (χ0v) is 16.7. The molecule has 0 saturated heterocycles. The van der Waals surface area contributed by atoms with Gasteiger partial charge in [-0.3, -0.25) is 0 Å². The average molecular weight is 430 g/mol. The van der Waals surface area contributed by atoms with Gasteiger partial charge in [-0.1, -0.05) is 30.3 Å². The highest BCUT2D eigenvalue weighted by Crippen LogP contribution is 2.24. The molecule has 1 aromatic heterocycles. The number of esters is 2. The number of para-hydroxylation sites is 2. The van der Waals surface area contributed by atoms with Gasteiger partial charge in [-0.25, -0.2) is 14.6 Å². The molecule has 0 bridgehead atoms. The van der Waals surface area contributed by atoms with E-state index < -0.39 is 11.9 Å². The fraction of sp³-hybridized carbons (Fsp3) is 0.0435. The van der Waals surface area contributed by atoms with Crippen molar-refractivity contribution in [1.82, 2.24) is 9.97 Å². The molecule has 0 spiro atoms. The number of rotatable bonds is 5. The van der Waals surface area contributed by atoms with Crippen LogP contribution in [0.5, 0.6) is 11.5 Å². The Labute approximate surface area is 182 Å². The van der Waals surface area contributed by atoms with Crippen molar-refractivity contribution in [3.8, 4) is 11.5 Å². The number of hydrogen-bond acceptors (Lipinski definition) is 9. The van der Waals surface area contributed by atoms with Crippen LogP contribution in [-0.4, -0.2) is 27.0 Å². The first kappa shape index (κ1) is 20.6. The maximum Gasteiger partial charge on any atom is 0.347 e. The molecule has 32 heavy (non-hydrogen) atoms. The molecule has 5 N–H and O–H groups in total. The summed E-state index contributed by atoms with van der Waals surface area (Å²) in [7, 11) is 0. The number of aromatic hydroxyl groups is 1. The molecule has 9 heteroatoms. The van der Waals surface area contributed by atoms with E-state index in [0.29, 0.717) is 16.5 Å². The lowest BCUT2D eigenvalue weighted by Crippen LogP contribution is -2.13. The Hall–Kier alpha value is -4.66. The summed E-state index contributed by atoms with van der Waals surface area (Å²) in [6, 6.07) is 17.3. The number of anilines is 2. The standard InChI is InChI=1S/C23H18N4O5/c24-20-16-11-13(9-10-17(16)26-23(25)27-20)12-31-21(29)15-6-2-4-8-19(15)32-22(30)14-5-1-3-7-18(14)28/h1-11,28H,12H2,(H4,24,25,26,27). The highest BCUT2D eigenvalue weighted by atomic mass is 16.5. The van der Waals surface area contributed by atoms with Gasteiger partial charge in [0.05, 0.1) is 5.52 Å². The van der Waals surface area contributed by atoms with Crippen LogP contribution in [0.25, 0.3) is 10.9 Å². The van der Waals surface area contributed by atoms with Crippen molar-refractivity contribution in [3.63, 3.8) is 0 Å². The third-order valence-electron chi connectivity index (χ3n) is 4.61. The van der Waals surface area contributed by atoms with E-state index in [1.54, 1.807) is 42.5 Å². The van der Waals surface area contributed by atoms with E-state index in [1.807, 2.05) is 0 Å². The summed E-state index contributed by atoms with van der Waals surface area (Å²) in [6.07, 6.45) is 0. The predicted octanol–water partition coefficient (Wildman–Crippen LogP) is 3.08. The molecule has 0 radical (unpaired) electrons. The number of nitrogens with zero attached hydrogens (tertiary/aromatic N) is 2. The highest BCUT2D eigenvalue weighted by Gasteiger charge is 2.19. The fourth-order valence-electron chi connectivity index (χ4n) is 3.06. The molecule has 0 unspecified atom stereocenters. The second-order valence-electron chi connectivity index (χ2n) is 6.80. The Morgan fingerprint density at radius 2 is 1.59 bits per heavy atom. The lowest BCUT2D eigenvalue weighted by molar-refractivity contribution is 0.0467. The average Bonchev–Trinajstić information content (AvgIpc) is 2.78. The van der Waals surface area contributed by atoms with Gasteiger partial charge >= 0.3 is 11.9 Å². The van der Waals surface area contributed by atoms with Gasteiger partial charge in [0.15, 0.2) is 0 Å². The monoisotopic (exact) mass is 430 g/mol. The van der Waals surface area contributed by atoms with Gasteiger partial charge in [0.25, 0.3) is 0 Å². The van der Waals surface area contributed by atoms with Crippen LogP contribution in [0.15, 0.2) is 66.7 Å². The van der Waals surface area contributed by atoms with Crippen LogP contribution in [-0.2, 0) is 11.3 Å². The molecule has 9 nitrogen and oxygen atoms in total. The summed E-state index contributed by atoms with van der Waals surface area (Å²) in [5.41, 5.74) is 12.8. The number of hydrogen-bond donors (Lipinski definition) is 3. The Bertz CT molecular complexity index is 1340. The van der Waals surface area contributed by atoms with Crippen LogP contribution < -0.4 is 16.2 Å². The number of nitrogens with two attached hydrogens (primary N) is 2. The quantitative estimate of drug-likeness (QED) is 0.320. The lowest BCUT2D eigenvalue weighted by atomic mass is 10.1. The second-order valence-corrected chi connectivity index (χ2v) is 6.80. The van der Waals surface area contributed by atoms with Gasteiger partial charge in [0, 0.05) is 5.39 Å². The largest absolute Gasteiger partial charge is 0.507 e. The molecule has 0 saturated carbocycles. The second kappa shape index (κ2) is 8.60. The Morgan fingerprint density at radius 3 is 2.38 bits per heavy atom. The van der Waals surface area contributed by atoms with Gasteiger partial charge < -0.3 is 26.0 Å². The summed E-state index contributed by atoms with van der Waals surface area (Å²) >= 11 is 0. The van der Waals surface area contributed by atoms with E-state index in [9.17, 15) is 14.7 Å². The molecule has 0 fully saturated rings. The maximum atomic E-state index is 12.7. The van der Waals surface area contributed by atoms with Crippen molar-refractivity contribution in [2.24, 2.45) is 0 Å². The normalized spacial score (nSPS) is 10.6. The third kappa shape index (κ3) is 4.26. The van der Waals surface area contributed by atoms with Gasteiger partial charge in [-0.15, -0.1) is 0 Å². The number of aromatic nitrogens is 2. The molecule has 0 aliphatic carbocycles. The van der Waals surface area contributed by atoms with Crippen LogP contribution in [0.3, 0.4) is 0 Å². The van der Waals surface area contributed by atoms with E-state index in [0.717, 1.165) is 0 Å². The van der Waals surface area contributed by atoms with Crippen molar-refractivity contribution in [3.05, 3.63) is 83.4 Å². The van der Waals surface area contributed by atoms with Crippen molar-refractivity contribution < 1.29 is 24.2 Å². The molecular formula is C23H18N4O5. The summed E-state index contributed by atoms with van der Waals surface area (Å²) in [6.45, 7) is -0.0552. The van der Waals surface area contributed by atoms with Crippen molar-refractivity contribution in [2.75, 3.05) is 11.5 Å². The van der Waals surface area contributed by atoms with Gasteiger partial charge in [-0.2, -0.15) is 4.98 Å². The van der Waals surface area contributed by atoms with E-state index in [-0.39, 0.29) is 41.0 Å². The molecule has 1 heterocycles. The number of carbonyl (C=O) groups is 2. The molecule has 4 rings (SSSR count). The first-order valence-corrected chi connectivity index (χ1v) is 9.50. The number of ether oxygens (including phenoxy) is 2. The minimum absolute atomic E-state index is 0.0115.